The molecule has 2 saturated heterocycles. The Balaban J connectivity index is 1.78. The highest BCUT2D eigenvalue weighted by atomic mass is 35.5. The molecule has 0 aromatic heterocycles. The van der Waals surface area contributed by atoms with Gasteiger partial charge in [0.05, 0.1) is 31.4 Å². The van der Waals surface area contributed by atoms with Crippen LogP contribution in [0.2, 0.25) is 5.02 Å². The molecule has 3 heterocycles. The topological polar surface area (TPSA) is 162 Å². The second kappa shape index (κ2) is 13.4. The SMILES string of the molecule is CN[C@@H](C)C(=O)O[C@H]1CC(=O)N(C)c2cc(cc(OC)c2Cl)C/C(C)=C/C=C/[C@@H](O)[C@@]2(O)C[C@H](OC(O)N2)[C@H](C)[C@H]2O[C@@]12C. The van der Waals surface area contributed by atoms with Crippen LogP contribution < -0.4 is 20.3 Å². The molecule has 0 radical (unpaired) electrons. The molecule has 3 aliphatic heterocycles. The van der Waals surface area contributed by atoms with Gasteiger partial charge in [0.2, 0.25) is 12.3 Å². The number of carbonyl (C=O) groups is 2. The molecule has 1 aromatic carbocycles. The fourth-order valence-corrected chi connectivity index (χ4v) is 6.13. The van der Waals surface area contributed by atoms with Crippen molar-refractivity contribution in [3.63, 3.8) is 0 Å². The Morgan fingerprint density at radius 1 is 1.32 bits per heavy atom. The number of carbonyl (C=O) groups excluding carboxylic acids is 2. The molecular weight excluding hydrogens is 594 g/mol. The summed E-state index contributed by atoms with van der Waals surface area (Å²) in [6, 6.07) is 2.94. The van der Waals surface area contributed by atoms with Gasteiger partial charge in [-0.05, 0) is 51.9 Å². The van der Waals surface area contributed by atoms with E-state index in [9.17, 15) is 24.9 Å². The number of amides is 1. The van der Waals surface area contributed by atoms with Crippen molar-refractivity contribution in [2.24, 2.45) is 5.92 Å². The van der Waals surface area contributed by atoms with Gasteiger partial charge in [0.25, 0.3) is 0 Å². The van der Waals surface area contributed by atoms with Crippen molar-refractivity contribution in [1.29, 1.82) is 0 Å². The number of nitrogens with zero attached hydrogens (tertiary/aromatic N) is 1. The van der Waals surface area contributed by atoms with E-state index in [-0.39, 0.29) is 23.8 Å². The second-order valence-electron chi connectivity index (χ2n) is 12.1. The quantitative estimate of drug-likeness (QED) is 0.242. The van der Waals surface area contributed by atoms with Gasteiger partial charge in [0.1, 0.15) is 34.6 Å². The molecule has 4 rings (SSSR count). The molecule has 44 heavy (non-hydrogen) atoms. The smallest absolute Gasteiger partial charge is 0.323 e. The number of fused-ring (bicyclic) bond motifs is 5. The van der Waals surface area contributed by atoms with Crippen LogP contribution in [0.25, 0.3) is 0 Å². The van der Waals surface area contributed by atoms with E-state index in [1.54, 1.807) is 52.2 Å². The molecule has 9 atom stereocenters. The van der Waals surface area contributed by atoms with Gasteiger partial charge < -0.3 is 44.5 Å². The van der Waals surface area contributed by atoms with E-state index in [4.69, 9.17) is 30.5 Å². The lowest BCUT2D eigenvalue weighted by Gasteiger charge is -2.44. The van der Waals surface area contributed by atoms with E-state index < -0.39 is 60.1 Å². The van der Waals surface area contributed by atoms with Crippen LogP contribution in [-0.2, 0) is 30.2 Å². The molecule has 1 aromatic rings. The van der Waals surface area contributed by atoms with Crippen LogP contribution in [0, 0.1) is 5.92 Å². The number of hydrogen-bond acceptors (Lipinski definition) is 11. The van der Waals surface area contributed by atoms with Crippen molar-refractivity contribution in [3.8, 4) is 5.75 Å². The van der Waals surface area contributed by atoms with Gasteiger partial charge in [0, 0.05) is 19.4 Å². The van der Waals surface area contributed by atoms with Gasteiger partial charge in [-0.2, -0.15) is 0 Å². The molecule has 5 N–H and O–H groups in total. The van der Waals surface area contributed by atoms with Crippen molar-refractivity contribution >= 4 is 29.2 Å². The average molecular weight is 638 g/mol. The van der Waals surface area contributed by atoms with Crippen LogP contribution >= 0.6 is 11.6 Å². The lowest BCUT2D eigenvalue weighted by atomic mass is 9.83. The van der Waals surface area contributed by atoms with Gasteiger partial charge in [-0.3, -0.25) is 9.59 Å². The average Bonchev–Trinajstić information content (AvgIpc) is 3.67. The number of epoxide rings is 1. The van der Waals surface area contributed by atoms with Gasteiger partial charge >= 0.3 is 5.97 Å². The van der Waals surface area contributed by atoms with E-state index in [2.05, 4.69) is 10.6 Å². The molecule has 12 nitrogen and oxygen atoms in total. The third kappa shape index (κ3) is 7.13. The first kappa shape index (κ1) is 34.3. The summed E-state index contributed by atoms with van der Waals surface area (Å²) >= 11 is 6.67. The summed E-state index contributed by atoms with van der Waals surface area (Å²) in [5.41, 5.74) is -0.858. The van der Waals surface area contributed by atoms with Crippen molar-refractivity contribution < 1.29 is 43.9 Å². The molecule has 1 amide bonds. The summed E-state index contributed by atoms with van der Waals surface area (Å²) in [5, 5.41) is 38.4. The number of aliphatic hydroxyl groups excluding tert-OH is 2. The molecule has 13 heteroatoms. The Bertz CT molecular complexity index is 1310. The number of benzene rings is 1. The normalized spacial score (nSPS) is 37.3. The Labute approximate surface area is 262 Å². The summed E-state index contributed by atoms with van der Waals surface area (Å²) in [6.45, 7) is 7.11. The second-order valence-corrected chi connectivity index (χ2v) is 12.5. The third-order valence-corrected chi connectivity index (χ3v) is 9.25. The van der Waals surface area contributed by atoms with Crippen LogP contribution in [0.5, 0.6) is 5.75 Å². The number of hydrogen-bond donors (Lipinski definition) is 5. The molecule has 1 unspecified atom stereocenters. The van der Waals surface area contributed by atoms with Crippen LogP contribution in [-0.4, -0.2) is 96.6 Å². The zero-order valence-electron chi connectivity index (χ0n) is 26.2. The molecule has 244 valence electrons. The zero-order chi connectivity index (χ0) is 32.6. The number of esters is 1. The predicted octanol–water partition coefficient (Wildman–Crippen LogP) is 1.78. The number of methoxy groups -OCH3 is 1. The number of rotatable bonds is 4. The Morgan fingerprint density at radius 2 is 2.02 bits per heavy atom. The summed E-state index contributed by atoms with van der Waals surface area (Å²) in [7, 11) is 4.71. The number of likely N-dealkylation sites (N-methyl/N-ethyl adjacent to an activating group) is 1. The highest BCUT2D eigenvalue weighted by molar-refractivity contribution is 6.35. The van der Waals surface area contributed by atoms with Crippen LogP contribution in [0.15, 0.2) is 35.9 Å². The number of nitrogens with one attached hydrogen (secondary N) is 2. The molecule has 4 bridgehead atoms. The first-order chi connectivity index (χ1) is 20.6. The van der Waals surface area contributed by atoms with E-state index in [0.29, 0.717) is 17.9 Å². The number of ether oxygens (including phenoxy) is 4. The van der Waals surface area contributed by atoms with Gasteiger partial charge in [0.15, 0.2) is 5.72 Å². The summed E-state index contributed by atoms with van der Waals surface area (Å²) in [4.78, 5) is 28.2. The largest absolute Gasteiger partial charge is 0.495 e. The highest BCUT2D eigenvalue weighted by Crippen LogP contribution is 2.49. The molecule has 0 aliphatic carbocycles. The predicted molar refractivity (Wildman–Crippen MR) is 163 cm³/mol. The molecular formula is C31H44ClN3O9. The fourth-order valence-electron chi connectivity index (χ4n) is 5.82. The minimum absolute atomic E-state index is 0.0809. The van der Waals surface area contributed by atoms with E-state index in [0.717, 1.165) is 11.1 Å². The van der Waals surface area contributed by atoms with E-state index >= 15 is 0 Å². The van der Waals surface area contributed by atoms with Crippen LogP contribution in [0.4, 0.5) is 5.69 Å². The standard InChI is InChI=1S/C31H44ClN3O9/c1-16-9-8-10-23(36)31(40)15-22(42-29(39)34-31)17(2)27-30(4,44-27)24(43-28(38)18(3)33-5)14-25(37)35(6)20-12-19(11-16)13-21(41-7)26(20)32/h8-10,12-13,17-18,22-24,27,29,33-34,36,39-40H,11,14-15H2,1-7H3/b10-8+,16-9+/t17-,18-,22-,23+,24-,27+,29?,30-,31-/m0/s1. The lowest BCUT2D eigenvalue weighted by Crippen LogP contribution is -2.65. The van der Waals surface area contributed by atoms with Crippen molar-refractivity contribution in [2.75, 3.05) is 26.1 Å². The first-order valence-electron chi connectivity index (χ1n) is 14.7. The van der Waals surface area contributed by atoms with Crippen LogP contribution in [0.3, 0.4) is 0 Å². The summed E-state index contributed by atoms with van der Waals surface area (Å²) < 4.78 is 23.3. The number of aliphatic hydroxyl groups is 3. The van der Waals surface area contributed by atoms with Gasteiger partial charge in [-0.1, -0.05) is 42.3 Å². The van der Waals surface area contributed by atoms with Crippen molar-refractivity contribution in [1.82, 2.24) is 10.6 Å². The third-order valence-electron chi connectivity index (χ3n) is 8.87. The van der Waals surface area contributed by atoms with Crippen molar-refractivity contribution in [3.05, 3.63) is 46.5 Å². The van der Waals surface area contributed by atoms with Gasteiger partial charge in [-0.25, -0.2) is 5.32 Å². The molecule has 2 fully saturated rings. The molecule has 0 saturated carbocycles. The van der Waals surface area contributed by atoms with Gasteiger partial charge in [-0.15, -0.1) is 0 Å². The minimum Gasteiger partial charge on any atom is -0.495 e. The monoisotopic (exact) mass is 637 g/mol. The Morgan fingerprint density at radius 3 is 2.68 bits per heavy atom. The minimum atomic E-state index is -1.91. The number of halogens is 1. The highest BCUT2D eigenvalue weighted by Gasteiger charge is 2.64. The molecule has 0 spiro atoms. The lowest BCUT2D eigenvalue weighted by molar-refractivity contribution is -0.268. The summed E-state index contributed by atoms with van der Waals surface area (Å²) in [6.07, 6.45) is -0.266. The Hall–Kier alpha value is -2.55. The number of anilines is 1. The first-order valence-corrected chi connectivity index (χ1v) is 15.1. The fraction of sp³-hybridized carbons (Fsp3) is 0.613. The van der Waals surface area contributed by atoms with E-state index in [1.807, 2.05) is 13.8 Å². The number of allylic oxidation sites excluding steroid dienone is 3. The van der Waals surface area contributed by atoms with Crippen LogP contribution in [0.1, 0.15) is 46.1 Å². The maximum atomic E-state index is 13.8. The maximum Gasteiger partial charge on any atom is 0.323 e. The Kier molecular flexibility index (Phi) is 10.5. The zero-order valence-corrected chi connectivity index (χ0v) is 26.9. The van der Waals surface area contributed by atoms with Crippen molar-refractivity contribution in [2.45, 2.75) is 95.2 Å². The van der Waals surface area contributed by atoms with E-state index in [1.165, 1.54) is 18.1 Å². The summed E-state index contributed by atoms with van der Waals surface area (Å²) in [5.74, 6) is -0.992. The molecule has 3 aliphatic rings. The maximum absolute atomic E-state index is 13.8.